The van der Waals surface area contributed by atoms with Crippen molar-refractivity contribution in [2.75, 3.05) is 38.7 Å². The number of halogens is 3. The molecule has 2 amide bonds. The third-order valence-electron chi connectivity index (χ3n) is 6.92. The van der Waals surface area contributed by atoms with Crippen LogP contribution in [-0.2, 0) is 4.74 Å². The number of rotatable bonds is 8. The molecule has 1 aliphatic heterocycles. The van der Waals surface area contributed by atoms with Gasteiger partial charge in [-0.2, -0.15) is 5.10 Å². The highest BCUT2D eigenvalue weighted by atomic mass is 19.2. The van der Waals surface area contributed by atoms with Crippen LogP contribution in [0.5, 0.6) is 0 Å². The molecule has 40 heavy (non-hydrogen) atoms. The number of hydrogen-bond acceptors (Lipinski definition) is 6. The van der Waals surface area contributed by atoms with Gasteiger partial charge in [0.15, 0.2) is 11.6 Å². The van der Waals surface area contributed by atoms with Gasteiger partial charge >= 0.3 is 6.03 Å². The van der Waals surface area contributed by atoms with Crippen molar-refractivity contribution < 1.29 is 22.7 Å². The van der Waals surface area contributed by atoms with Crippen LogP contribution in [0.15, 0.2) is 61.2 Å². The number of likely N-dealkylation sites (tertiary alicyclic amines) is 1. The van der Waals surface area contributed by atoms with Gasteiger partial charge < -0.3 is 10.1 Å². The molecule has 0 saturated carbocycles. The number of hydrogen-bond donors (Lipinski definition) is 2. The Balaban J connectivity index is 1.43. The Morgan fingerprint density at radius 3 is 2.65 bits per heavy atom. The number of carbonyl (C=O) groups is 1. The molecule has 4 aromatic rings. The monoisotopic (exact) mass is 551 g/mol. The van der Waals surface area contributed by atoms with Crippen LogP contribution < -0.4 is 10.6 Å². The van der Waals surface area contributed by atoms with E-state index in [0.29, 0.717) is 60.1 Å². The second kappa shape index (κ2) is 11.8. The fourth-order valence-corrected chi connectivity index (χ4v) is 4.95. The molecule has 1 saturated heterocycles. The predicted molar refractivity (Wildman–Crippen MR) is 143 cm³/mol. The van der Waals surface area contributed by atoms with E-state index < -0.39 is 29.5 Å². The Bertz CT molecular complexity index is 1500. The maximum atomic E-state index is 14.1. The molecule has 0 unspecified atom stereocenters. The molecule has 0 bridgehead atoms. The number of pyridine rings is 2. The highest BCUT2D eigenvalue weighted by Crippen LogP contribution is 2.31. The SMILES string of the molecule is COCCN1C[C@@H](NC(=O)Nc2c(C)c(-c3cncc(F)c3)nn2-c2cccnc2)[C@H](c2ccc(F)c(F)c2)C1. The Hall–Kier alpha value is -4.29. The largest absolute Gasteiger partial charge is 0.383 e. The maximum Gasteiger partial charge on any atom is 0.320 e. The number of carbonyl (C=O) groups excluding carboxylic acids is 1. The zero-order valence-electron chi connectivity index (χ0n) is 21.9. The van der Waals surface area contributed by atoms with E-state index in [-0.39, 0.29) is 5.92 Å². The predicted octanol–water partition coefficient (Wildman–Crippen LogP) is 4.29. The van der Waals surface area contributed by atoms with Crippen LogP contribution in [0.3, 0.4) is 0 Å². The van der Waals surface area contributed by atoms with Crippen LogP contribution in [0.4, 0.5) is 23.8 Å². The Morgan fingerprint density at radius 2 is 1.93 bits per heavy atom. The molecule has 2 atom stereocenters. The summed E-state index contributed by atoms with van der Waals surface area (Å²) >= 11 is 0. The van der Waals surface area contributed by atoms with Crippen LogP contribution in [0, 0.1) is 24.4 Å². The van der Waals surface area contributed by atoms with Crippen molar-refractivity contribution in [1.29, 1.82) is 0 Å². The molecule has 0 radical (unpaired) electrons. The van der Waals surface area contributed by atoms with Crippen molar-refractivity contribution in [3.63, 3.8) is 0 Å². The topological polar surface area (TPSA) is 97.2 Å². The lowest BCUT2D eigenvalue weighted by molar-refractivity contribution is 0.159. The van der Waals surface area contributed by atoms with E-state index in [4.69, 9.17) is 4.74 Å². The molecule has 1 aliphatic rings. The van der Waals surface area contributed by atoms with Crippen molar-refractivity contribution in [2.45, 2.75) is 18.9 Å². The Morgan fingerprint density at radius 1 is 1.07 bits per heavy atom. The number of nitrogens with zero attached hydrogens (tertiary/aromatic N) is 5. The van der Waals surface area contributed by atoms with Crippen LogP contribution in [0.25, 0.3) is 16.9 Å². The fourth-order valence-electron chi connectivity index (χ4n) is 4.95. The second-order valence-electron chi connectivity index (χ2n) is 9.57. The summed E-state index contributed by atoms with van der Waals surface area (Å²) < 4.78 is 48.4. The van der Waals surface area contributed by atoms with Crippen molar-refractivity contribution >= 4 is 11.8 Å². The van der Waals surface area contributed by atoms with Gasteiger partial charge in [-0.05, 0) is 42.8 Å². The standard InChI is InChI=1S/C28H28F3N7O2/c1-17-26(19-10-20(29)13-33-12-19)36-38(21-4-3-7-32-14-21)27(17)35-28(39)34-25-16-37(8-9-40-2)15-22(25)18-5-6-23(30)24(31)11-18/h3-7,10-14,22,25H,8-9,15-16H2,1-2H3,(H2,34,35,39)/t22-,25+/m0/s1. The van der Waals surface area contributed by atoms with Gasteiger partial charge in [-0.25, -0.2) is 22.6 Å². The first-order chi connectivity index (χ1) is 19.3. The van der Waals surface area contributed by atoms with E-state index in [1.807, 2.05) is 0 Å². The smallest absolute Gasteiger partial charge is 0.320 e. The molecule has 3 aromatic heterocycles. The first kappa shape index (κ1) is 27.3. The number of nitrogens with one attached hydrogen (secondary N) is 2. The van der Waals surface area contributed by atoms with E-state index in [1.165, 1.54) is 29.1 Å². The molecule has 12 heteroatoms. The summed E-state index contributed by atoms with van der Waals surface area (Å²) in [5, 5.41) is 10.5. The number of methoxy groups -OCH3 is 1. The normalized spacial score (nSPS) is 17.2. The molecule has 9 nitrogen and oxygen atoms in total. The number of urea groups is 1. The summed E-state index contributed by atoms with van der Waals surface area (Å²) in [7, 11) is 1.61. The maximum absolute atomic E-state index is 14.1. The van der Waals surface area contributed by atoms with Gasteiger partial charge in [0.25, 0.3) is 0 Å². The molecule has 0 spiro atoms. The van der Waals surface area contributed by atoms with Gasteiger partial charge in [-0.15, -0.1) is 0 Å². The fraction of sp³-hybridized carbons (Fsp3) is 0.286. The zero-order valence-corrected chi connectivity index (χ0v) is 21.9. The molecule has 208 valence electrons. The average molecular weight is 552 g/mol. The number of anilines is 1. The molecular weight excluding hydrogens is 523 g/mol. The number of aromatic nitrogens is 4. The lowest BCUT2D eigenvalue weighted by atomic mass is 9.94. The molecule has 0 aliphatic carbocycles. The molecule has 4 heterocycles. The van der Waals surface area contributed by atoms with Crippen molar-refractivity contribution in [3.8, 4) is 16.9 Å². The number of ether oxygens (including phenoxy) is 1. The minimum atomic E-state index is -0.939. The van der Waals surface area contributed by atoms with Crippen molar-refractivity contribution in [2.24, 2.45) is 0 Å². The summed E-state index contributed by atoms with van der Waals surface area (Å²) in [5.41, 5.74) is 2.66. The summed E-state index contributed by atoms with van der Waals surface area (Å²) in [6.45, 7) is 3.89. The zero-order chi connectivity index (χ0) is 28.2. The van der Waals surface area contributed by atoms with E-state index in [9.17, 15) is 18.0 Å². The minimum absolute atomic E-state index is 0.282. The third kappa shape index (κ3) is 5.82. The third-order valence-corrected chi connectivity index (χ3v) is 6.92. The lowest BCUT2D eigenvalue weighted by Gasteiger charge is -2.21. The summed E-state index contributed by atoms with van der Waals surface area (Å²) in [4.78, 5) is 23.6. The van der Waals surface area contributed by atoms with Crippen LogP contribution in [0.1, 0.15) is 17.0 Å². The van der Waals surface area contributed by atoms with Crippen LogP contribution in [0.2, 0.25) is 0 Å². The van der Waals surface area contributed by atoms with E-state index in [1.54, 1.807) is 38.6 Å². The first-order valence-corrected chi connectivity index (χ1v) is 12.7. The highest BCUT2D eigenvalue weighted by Gasteiger charge is 2.35. The minimum Gasteiger partial charge on any atom is -0.383 e. The van der Waals surface area contributed by atoms with Gasteiger partial charge in [0, 0.05) is 56.2 Å². The Kier molecular flexibility index (Phi) is 8.08. The lowest BCUT2D eigenvalue weighted by Crippen LogP contribution is -2.42. The summed E-state index contributed by atoms with van der Waals surface area (Å²) in [5.74, 6) is -2.29. The molecule has 5 rings (SSSR count). The summed E-state index contributed by atoms with van der Waals surface area (Å²) in [6, 6.07) is 7.73. The molecular formula is C28H28F3N7O2. The van der Waals surface area contributed by atoms with Gasteiger partial charge in [0.2, 0.25) is 0 Å². The van der Waals surface area contributed by atoms with E-state index in [2.05, 4.69) is 30.6 Å². The molecule has 1 aromatic carbocycles. The quantitative estimate of drug-likeness (QED) is 0.339. The van der Waals surface area contributed by atoms with Crippen LogP contribution in [-0.4, -0.2) is 70.1 Å². The van der Waals surface area contributed by atoms with E-state index >= 15 is 0 Å². The number of amides is 2. The van der Waals surface area contributed by atoms with Gasteiger partial charge in [0.1, 0.15) is 11.6 Å². The van der Waals surface area contributed by atoms with Crippen molar-refractivity contribution in [3.05, 3.63) is 89.8 Å². The van der Waals surface area contributed by atoms with Crippen LogP contribution >= 0.6 is 0 Å². The number of benzene rings is 1. The first-order valence-electron chi connectivity index (χ1n) is 12.7. The van der Waals surface area contributed by atoms with E-state index in [0.717, 1.165) is 12.3 Å². The van der Waals surface area contributed by atoms with Gasteiger partial charge in [0.05, 0.1) is 36.4 Å². The van der Waals surface area contributed by atoms with Crippen molar-refractivity contribution in [1.82, 2.24) is 30.0 Å². The molecule has 1 fully saturated rings. The average Bonchev–Trinajstić information content (AvgIpc) is 3.50. The second-order valence-corrected chi connectivity index (χ2v) is 9.57. The highest BCUT2D eigenvalue weighted by molar-refractivity contribution is 5.91. The summed E-state index contributed by atoms with van der Waals surface area (Å²) in [6.07, 6.45) is 5.80. The van der Waals surface area contributed by atoms with Gasteiger partial charge in [-0.3, -0.25) is 20.2 Å². The Labute approximate surface area is 229 Å². The molecule has 2 N–H and O–H groups in total. The van der Waals surface area contributed by atoms with Gasteiger partial charge in [-0.1, -0.05) is 6.07 Å².